The molecule has 1 unspecified atom stereocenters. The van der Waals surface area contributed by atoms with Gasteiger partial charge in [-0.2, -0.15) is 13.2 Å². The van der Waals surface area contributed by atoms with Gasteiger partial charge in [-0.05, 0) is 24.3 Å². The molecule has 1 aromatic rings. The van der Waals surface area contributed by atoms with E-state index in [0.717, 1.165) is 17.7 Å². The van der Waals surface area contributed by atoms with Gasteiger partial charge in [-0.3, -0.25) is 9.69 Å². The van der Waals surface area contributed by atoms with Crippen LogP contribution in [0.3, 0.4) is 0 Å². The second-order valence-corrected chi connectivity index (χ2v) is 5.70. The van der Waals surface area contributed by atoms with Crippen LogP contribution in [-0.2, 0) is 11.3 Å². The first kappa shape index (κ1) is 14.3. The summed E-state index contributed by atoms with van der Waals surface area (Å²) in [7, 11) is 0. The summed E-state index contributed by atoms with van der Waals surface area (Å²) in [4.78, 5) is 13.4. The molecule has 1 N–H and O–H groups in total. The highest BCUT2D eigenvalue weighted by atomic mass is 32.1. The molecule has 1 aliphatic rings. The van der Waals surface area contributed by atoms with Crippen LogP contribution in [0.2, 0.25) is 0 Å². The Kier molecular flexibility index (Phi) is 4.15. The fraction of sp³-hybridized carbons (Fsp3) is 0.583. The predicted octanol–water partition coefficient (Wildman–Crippen LogP) is 2.98. The van der Waals surface area contributed by atoms with Crippen LogP contribution in [0.4, 0.5) is 13.2 Å². The van der Waals surface area contributed by atoms with Gasteiger partial charge in [0.05, 0.1) is 0 Å². The molecule has 1 aliphatic carbocycles. The molecule has 1 fully saturated rings. The monoisotopic (exact) mass is 293 g/mol. The van der Waals surface area contributed by atoms with E-state index in [1.807, 2.05) is 17.5 Å². The molecule has 0 spiro atoms. The molecule has 7 heteroatoms. The molecule has 0 radical (unpaired) electrons. The number of hydrogen-bond donors (Lipinski definition) is 1. The van der Waals surface area contributed by atoms with Gasteiger partial charge in [0.25, 0.3) is 0 Å². The second-order valence-electron chi connectivity index (χ2n) is 4.67. The van der Waals surface area contributed by atoms with Gasteiger partial charge in [0, 0.05) is 24.0 Å². The second kappa shape index (κ2) is 5.50. The van der Waals surface area contributed by atoms with E-state index in [9.17, 15) is 18.0 Å². The molecule has 1 atom stereocenters. The molecular weight excluding hydrogens is 279 g/mol. The lowest BCUT2D eigenvalue weighted by atomic mass is 10.1. The SMILES string of the molecule is O=C(O)C(CN(Cc1cccs1)C1CC1)C(F)(F)F. The summed E-state index contributed by atoms with van der Waals surface area (Å²) in [6, 6.07) is 3.78. The van der Waals surface area contributed by atoms with Crippen LogP contribution in [0.25, 0.3) is 0 Å². The van der Waals surface area contributed by atoms with Gasteiger partial charge in [-0.25, -0.2) is 0 Å². The smallest absolute Gasteiger partial charge is 0.403 e. The molecule has 1 heterocycles. The minimum absolute atomic E-state index is 0.0892. The van der Waals surface area contributed by atoms with E-state index in [1.165, 1.54) is 11.3 Å². The average molecular weight is 293 g/mol. The third kappa shape index (κ3) is 3.94. The molecule has 0 amide bonds. The molecule has 2 rings (SSSR count). The first-order valence-electron chi connectivity index (χ1n) is 5.94. The van der Waals surface area contributed by atoms with Crippen molar-refractivity contribution in [3.63, 3.8) is 0 Å². The Morgan fingerprint density at radius 3 is 2.63 bits per heavy atom. The quantitative estimate of drug-likeness (QED) is 0.876. The fourth-order valence-electron chi connectivity index (χ4n) is 1.94. The molecule has 19 heavy (non-hydrogen) atoms. The number of carboxylic acid groups (broad SMARTS) is 1. The van der Waals surface area contributed by atoms with Crippen LogP contribution in [0.15, 0.2) is 17.5 Å². The lowest BCUT2D eigenvalue weighted by Gasteiger charge is -2.26. The van der Waals surface area contributed by atoms with Crippen molar-refractivity contribution in [2.24, 2.45) is 5.92 Å². The van der Waals surface area contributed by atoms with Crippen LogP contribution >= 0.6 is 11.3 Å². The summed E-state index contributed by atoms with van der Waals surface area (Å²) < 4.78 is 38.1. The number of rotatable bonds is 6. The van der Waals surface area contributed by atoms with Crippen LogP contribution < -0.4 is 0 Å². The third-order valence-corrected chi connectivity index (χ3v) is 3.97. The molecule has 0 aliphatic heterocycles. The van der Waals surface area contributed by atoms with E-state index in [1.54, 1.807) is 4.90 Å². The van der Waals surface area contributed by atoms with Crippen molar-refractivity contribution in [2.75, 3.05) is 6.54 Å². The van der Waals surface area contributed by atoms with Crippen LogP contribution in [0, 0.1) is 5.92 Å². The third-order valence-electron chi connectivity index (χ3n) is 3.11. The highest BCUT2D eigenvalue weighted by molar-refractivity contribution is 7.09. The predicted molar refractivity (Wildman–Crippen MR) is 64.9 cm³/mol. The van der Waals surface area contributed by atoms with Gasteiger partial charge < -0.3 is 5.11 Å². The minimum Gasteiger partial charge on any atom is -0.481 e. The Morgan fingerprint density at radius 2 is 2.21 bits per heavy atom. The Bertz CT molecular complexity index is 429. The van der Waals surface area contributed by atoms with E-state index in [0.29, 0.717) is 6.54 Å². The van der Waals surface area contributed by atoms with Crippen LogP contribution in [0.5, 0.6) is 0 Å². The number of nitrogens with zero attached hydrogens (tertiary/aromatic N) is 1. The van der Waals surface area contributed by atoms with Crippen LogP contribution in [0.1, 0.15) is 17.7 Å². The van der Waals surface area contributed by atoms with Crippen molar-refractivity contribution in [2.45, 2.75) is 31.6 Å². The summed E-state index contributed by atoms with van der Waals surface area (Å²) in [5.74, 6) is -4.11. The van der Waals surface area contributed by atoms with Gasteiger partial charge in [0.2, 0.25) is 0 Å². The van der Waals surface area contributed by atoms with E-state index in [-0.39, 0.29) is 6.04 Å². The maximum absolute atomic E-state index is 12.7. The molecule has 1 aromatic heterocycles. The topological polar surface area (TPSA) is 40.5 Å². The van der Waals surface area contributed by atoms with E-state index < -0.39 is 24.6 Å². The summed E-state index contributed by atoms with van der Waals surface area (Å²) in [6.07, 6.45) is -3.01. The van der Waals surface area contributed by atoms with Crippen molar-refractivity contribution in [1.82, 2.24) is 4.90 Å². The molecular formula is C12H14F3NO2S. The van der Waals surface area contributed by atoms with Crippen LogP contribution in [-0.4, -0.2) is 34.7 Å². The minimum atomic E-state index is -4.70. The Balaban J connectivity index is 2.05. The molecule has 3 nitrogen and oxygen atoms in total. The summed E-state index contributed by atoms with van der Waals surface area (Å²) >= 11 is 1.47. The summed E-state index contributed by atoms with van der Waals surface area (Å²) in [5.41, 5.74) is 0. The van der Waals surface area contributed by atoms with Gasteiger partial charge in [-0.1, -0.05) is 6.07 Å². The normalized spacial score (nSPS) is 17.7. The number of alkyl halides is 3. The zero-order valence-corrected chi connectivity index (χ0v) is 10.9. The van der Waals surface area contributed by atoms with Crippen molar-refractivity contribution in [3.05, 3.63) is 22.4 Å². The highest BCUT2D eigenvalue weighted by Crippen LogP contribution is 2.33. The molecule has 0 bridgehead atoms. The van der Waals surface area contributed by atoms with Gasteiger partial charge in [0.15, 0.2) is 5.92 Å². The Labute approximate surface area is 112 Å². The van der Waals surface area contributed by atoms with Gasteiger partial charge >= 0.3 is 12.1 Å². The Hall–Kier alpha value is -1.08. The molecule has 0 aromatic carbocycles. The van der Waals surface area contributed by atoms with Crippen molar-refractivity contribution in [1.29, 1.82) is 0 Å². The van der Waals surface area contributed by atoms with Gasteiger partial charge in [-0.15, -0.1) is 11.3 Å². The molecule has 106 valence electrons. The number of hydrogen-bond acceptors (Lipinski definition) is 3. The number of aliphatic carboxylic acids is 1. The number of carbonyl (C=O) groups is 1. The zero-order chi connectivity index (χ0) is 14.0. The number of halogens is 3. The lowest BCUT2D eigenvalue weighted by molar-refractivity contribution is -0.197. The lowest BCUT2D eigenvalue weighted by Crippen LogP contribution is -2.41. The molecule has 1 saturated carbocycles. The van der Waals surface area contributed by atoms with E-state index in [4.69, 9.17) is 5.11 Å². The van der Waals surface area contributed by atoms with E-state index >= 15 is 0 Å². The maximum Gasteiger partial charge on any atom is 0.403 e. The first-order chi connectivity index (χ1) is 8.88. The van der Waals surface area contributed by atoms with Crippen molar-refractivity contribution >= 4 is 17.3 Å². The summed E-state index contributed by atoms with van der Waals surface area (Å²) in [5, 5.41) is 10.6. The average Bonchev–Trinajstić information content (AvgIpc) is 3.00. The van der Waals surface area contributed by atoms with Gasteiger partial charge in [0.1, 0.15) is 0 Å². The fourth-order valence-corrected chi connectivity index (χ4v) is 2.67. The van der Waals surface area contributed by atoms with E-state index in [2.05, 4.69) is 0 Å². The standard InChI is InChI=1S/C12H14F3NO2S/c13-12(14,15)10(11(17)18)7-16(8-3-4-8)6-9-2-1-5-19-9/h1-2,5,8,10H,3-4,6-7H2,(H,17,18). The summed E-state index contributed by atoms with van der Waals surface area (Å²) in [6.45, 7) is -0.0798. The number of thiophene rings is 1. The largest absolute Gasteiger partial charge is 0.481 e. The van der Waals surface area contributed by atoms with Crippen molar-refractivity contribution in [3.8, 4) is 0 Å². The first-order valence-corrected chi connectivity index (χ1v) is 6.82. The maximum atomic E-state index is 12.7. The number of carboxylic acids is 1. The Morgan fingerprint density at radius 1 is 1.53 bits per heavy atom. The molecule has 0 saturated heterocycles. The highest BCUT2D eigenvalue weighted by Gasteiger charge is 2.47. The van der Waals surface area contributed by atoms with Crippen molar-refractivity contribution < 1.29 is 23.1 Å². The zero-order valence-electron chi connectivity index (χ0n) is 10.1.